The van der Waals surface area contributed by atoms with Crippen LogP contribution < -0.4 is 5.32 Å². The third-order valence-electron chi connectivity index (χ3n) is 2.38. The first-order chi connectivity index (χ1) is 9.49. The summed E-state index contributed by atoms with van der Waals surface area (Å²) >= 11 is 8.99. The van der Waals surface area contributed by atoms with Gasteiger partial charge in [0, 0.05) is 10.7 Å². The minimum Gasteiger partial charge on any atom is -0.306 e. The van der Waals surface area contributed by atoms with E-state index in [2.05, 4.69) is 26.2 Å². The molecule has 0 saturated heterocycles. The fourth-order valence-electron chi connectivity index (χ4n) is 1.54. The van der Waals surface area contributed by atoms with Gasteiger partial charge in [0.15, 0.2) is 0 Å². The molecule has 0 unspecified atom stereocenters. The van der Waals surface area contributed by atoms with Crippen LogP contribution in [0.15, 0.2) is 41.0 Å². The first kappa shape index (κ1) is 14.4. The number of halogens is 2. The van der Waals surface area contributed by atoms with E-state index >= 15 is 0 Å². The van der Waals surface area contributed by atoms with Gasteiger partial charge in [-0.3, -0.25) is 14.9 Å². The molecule has 0 aliphatic heterocycles. The number of hydrogen-bond donors (Lipinski definition) is 1. The third-order valence-corrected chi connectivity index (χ3v) is 3.18. The molecule has 2 aromatic rings. The number of hydrogen-bond acceptors (Lipinski definition) is 4. The first-order valence-electron chi connectivity index (χ1n) is 5.35. The van der Waals surface area contributed by atoms with Gasteiger partial charge < -0.3 is 5.32 Å². The Hall–Kier alpha value is -1.99. The van der Waals surface area contributed by atoms with Crippen LogP contribution >= 0.6 is 27.5 Å². The second-order valence-electron chi connectivity index (χ2n) is 3.71. The lowest BCUT2D eigenvalue weighted by Gasteiger charge is -2.06. The highest BCUT2D eigenvalue weighted by Crippen LogP contribution is 2.28. The van der Waals surface area contributed by atoms with E-state index < -0.39 is 16.5 Å². The zero-order valence-corrected chi connectivity index (χ0v) is 12.2. The van der Waals surface area contributed by atoms with E-state index in [-0.39, 0.29) is 16.4 Å². The number of anilines is 1. The van der Waals surface area contributed by atoms with Crippen LogP contribution in [0.2, 0.25) is 5.02 Å². The van der Waals surface area contributed by atoms with Crippen molar-refractivity contribution < 1.29 is 9.72 Å². The molecule has 6 nitrogen and oxygen atoms in total. The Morgan fingerprint density at radius 1 is 1.40 bits per heavy atom. The smallest absolute Gasteiger partial charge is 0.300 e. The summed E-state index contributed by atoms with van der Waals surface area (Å²) in [6, 6.07) is 7.43. The topological polar surface area (TPSA) is 85.1 Å². The molecule has 0 aliphatic rings. The molecule has 2 rings (SSSR count). The average Bonchev–Trinajstić information content (AvgIpc) is 2.37. The number of nitro groups is 1. The normalized spacial score (nSPS) is 10.1. The number of pyridine rings is 1. The van der Waals surface area contributed by atoms with Crippen molar-refractivity contribution in [1.29, 1.82) is 0 Å². The zero-order chi connectivity index (χ0) is 14.7. The molecular formula is C12H7BrClN3O3. The zero-order valence-electron chi connectivity index (χ0n) is 9.84. The number of carbonyl (C=O) groups is 1. The molecule has 1 N–H and O–H groups in total. The van der Waals surface area contributed by atoms with Gasteiger partial charge in [-0.25, -0.2) is 4.98 Å². The monoisotopic (exact) mass is 355 g/mol. The molecule has 1 heterocycles. The summed E-state index contributed by atoms with van der Waals surface area (Å²) in [5.41, 5.74) is -0.550. The fourth-order valence-corrected chi connectivity index (χ4v) is 2.12. The molecule has 0 fully saturated rings. The Balaban J connectivity index is 2.35. The van der Waals surface area contributed by atoms with Crippen molar-refractivity contribution in [2.45, 2.75) is 0 Å². The summed E-state index contributed by atoms with van der Waals surface area (Å²) in [5, 5.41) is 13.4. The lowest BCUT2D eigenvalue weighted by molar-refractivity contribution is -0.385. The Kier molecular flexibility index (Phi) is 4.31. The predicted octanol–water partition coefficient (Wildman–Crippen LogP) is 3.66. The first-order valence-corrected chi connectivity index (χ1v) is 6.52. The van der Waals surface area contributed by atoms with Crippen LogP contribution in [0.1, 0.15) is 10.4 Å². The predicted molar refractivity (Wildman–Crippen MR) is 78.0 cm³/mol. The Labute approximate surface area is 127 Å². The van der Waals surface area contributed by atoms with E-state index in [0.29, 0.717) is 0 Å². The lowest BCUT2D eigenvalue weighted by Crippen LogP contribution is -2.15. The van der Waals surface area contributed by atoms with Gasteiger partial charge in [0.05, 0.1) is 4.92 Å². The summed E-state index contributed by atoms with van der Waals surface area (Å²) in [6.07, 6.45) is 1.49. The molecule has 0 radical (unpaired) electrons. The van der Waals surface area contributed by atoms with Gasteiger partial charge in [0.1, 0.15) is 16.4 Å². The summed E-state index contributed by atoms with van der Waals surface area (Å²) in [7, 11) is 0. The molecule has 0 spiro atoms. The van der Waals surface area contributed by atoms with Crippen LogP contribution in [-0.4, -0.2) is 15.8 Å². The molecule has 8 heteroatoms. The molecule has 1 aromatic carbocycles. The summed E-state index contributed by atoms with van der Waals surface area (Å²) < 4.78 is 0.725. The van der Waals surface area contributed by atoms with Gasteiger partial charge in [0.25, 0.3) is 5.91 Å². The second kappa shape index (κ2) is 5.98. The summed E-state index contributed by atoms with van der Waals surface area (Å²) in [6.45, 7) is 0. The number of rotatable bonds is 3. The van der Waals surface area contributed by atoms with E-state index in [1.807, 2.05) is 0 Å². The molecule has 0 atom stereocenters. The maximum absolute atomic E-state index is 12.1. The minimum absolute atomic E-state index is 0.0927. The van der Waals surface area contributed by atoms with E-state index in [1.165, 1.54) is 24.4 Å². The molecule has 20 heavy (non-hydrogen) atoms. The van der Waals surface area contributed by atoms with Crippen molar-refractivity contribution in [2.24, 2.45) is 0 Å². The number of nitrogens with zero attached hydrogens (tertiary/aromatic N) is 2. The number of aromatic nitrogens is 1. The van der Waals surface area contributed by atoms with Crippen LogP contribution in [0, 0.1) is 10.1 Å². The average molecular weight is 357 g/mol. The van der Waals surface area contributed by atoms with Gasteiger partial charge in [-0.1, -0.05) is 33.6 Å². The van der Waals surface area contributed by atoms with Crippen LogP contribution in [0.3, 0.4) is 0 Å². The fraction of sp³-hybridized carbons (Fsp3) is 0. The lowest BCUT2D eigenvalue weighted by atomic mass is 10.1. The van der Waals surface area contributed by atoms with Crippen LogP contribution in [-0.2, 0) is 0 Å². The SMILES string of the molecule is O=C(Nc1cc(Br)ccn1)c1cccc(Cl)c1[N+](=O)[O-]. The van der Waals surface area contributed by atoms with E-state index in [4.69, 9.17) is 11.6 Å². The van der Waals surface area contributed by atoms with E-state index in [9.17, 15) is 14.9 Å². The van der Waals surface area contributed by atoms with Gasteiger partial charge in [-0.05, 0) is 24.3 Å². The van der Waals surface area contributed by atoms with Gasteiger partial charge in [-0.15, -0.1) is 0 Å². The third kappa shape index (κ3) is 3.12. The highest BCUT2D eigenvalue weighted by atomic mass is 79.9. The Morgan fingerprint density at radius 2 is 2.15 bits per heavy atom. The van der Waals surface area contributed by atoms with Crippen LogP contribution in [0.4, 0.5) is 11.5 Å². The number of para-hydroxylation sites is 1. The number of nitrogens with one attached hydrogen (secondary N) is 1. The number of nitro benzene ring substituents is 1. The highest BCUT2D eigenvalue weighted by Gasteiger charge is 2.23. The molecule has 0 saturated carbocycles. The van der Waals surface area contributed by atoms with Gasteiger partial charge in [-0.2, -0.15) is 0 Å². The van der Waals surface area contributed by atoms with Crippen molar-refractivity contribution in [3.8, 4) is 0 Å². The quantitative estimate of drug-likeness (QED) is 0.672. The van der Waals surface area contributed by atoms with E-state index in [0.717, 1.165) is 4.47 Å². The van der Waals surface area contributed by atoms with Gasteiger partial charge in [0.2, 0.25) is 0 Å². The van der Waals surface area contributed by atoms with Crippen molar-refractivity contribution in [3.63, 3.8) is 0 Å². The molecule has 0 aliphatic carbocycles. The van der Waals surface area contributed by atoms with Crippen LogP contribution in [0.5, 0.6) is 0 Å². The standard InChI is InChI=1S/C12H7BrClN3O3/c13-7-4-5-15-10(6-7)16-12(18)8-2-1-3-9(14)11(8)17(19)20/h1-6H,(H,15,16,18). The Morgan fingerprint density at radius 3 is 2.80 bits per heavy atom. The molecular weight excluding hydrogens is 350 g/mol. The summed E-state index contributed by atoms with van der Waals surface area (Å²) in [5.74, 6) is -0.372. The molecule has 102 valence electrons. The van der Waals surface area contributed by atoms with Crippen molar-refractivity contribution in [1.82, 2.24) is 4.98 Å². The van der Waals surface area contributed by atoms with Gasteiger partial charge >= 0.3 is 5.69 Å². The maximum atomic E-state index is 12.1. The molecule has 1 amide bonds. The number of amides is 1. The van der Waals surface area contributed by atoms with E-state index in [1.54, 1.807) is 12.1 Å². The number of benzene rings is 1. The highest BCUT2D eigenvalue weighted by molar-refractivity contribution is 9.10. The van der Waals surface area contributed by atoms with Crippen molar-refractivity contribution in [3.05, 3.63) is 61.7 Å². The van der Waals surface area contributed by atoms with Crippen LogP contribution in [0.25, 0.3) is 0 Å². The maximum Gasteiger partial charge on any atom is 0.300 e. The summed E-state index contributed by atoms with van der Waals surface area (Å²) in [4.78, 5) is 26.3. The number of carbonyl (C=O) groups excluding carboxylic acids is 1. The molecule has 0 bridgehead atoms. The second-order valence-corrected chi connectivity index (χ2v) is 5.03. The largest absolute Gasteiger partial charge is 0.306 e. The van der Waals surface area contributed by atoms with Crippen molar-refractivity contribution in [2.75, 3.05) is 5.32 Å². The molecule has 1 aromatic heterocycles. The van der Waals surface area contributed by atoms with Crippen molar-refractivity contribution >= 4 is 44.9 Å². The minimum atomic E-state index is -0.689. The Bertz CT molecular complexity index is 693.